The van der Waals surface area contributed by atoms with Gasteiger partial charge in [0, 0.05) is 13.0 Å². The number of ether oxygens (including phenoxy) is 2. The number of esters is 1. The van der Waals surface area contributed by atoms with Crippen LogP contribution in [0.1, 0.15) is 129 Å². The molecule has 0 fully saturated rings. The summed E-state index contributed by atoms with van der Waals surface area (Å²) in [6.07, 6.45) is 19.7. The Morgan fingerprint density at radius 2 is 1.28 bits per heavy atom. The van der Waals surface area contributed by atoms with Gasteiger partial charge in [0.05, 0.1) is 21.0 Å². The average molecular weight is 596 g/mol. The SMILES string of the molecule is CCCCCCCCCCCCC(=O)O[C@@H](CNCCCCCCCCCCOC=O)COP(=O)([O-])[O-].[Na+].[Na+]. The Labute approximate surface area is 281 Å². The molecular formula is C27H52NNa2O8P. The largest absolute Gasteiger partial charge is 1.00 e. The molecule has 0 aromatic heterocycles. The van der Waals surface area contributed by atoms with Crippen molar-refractivity contribution in [1.29, 1.82) is 0 Å². The van der Waals surface area contributed by atoms with Crippen LogP contribution in [0.15, 0.2) is 0 Å². The van der Waals surface area contributed by atoms with E-state index in [0.29, 0.717) is 19.6 Å². The van der Waals surface area contributed by atoms with E-state index in [0.717, 1.165) is 70.6 Å². The number of hydrogen-bond acceptors (Lipinski definition) is 9. The van der Waals surface area contributed by atoms with Crippen molar-refractivity contribution in [2.24, 2.45) is 0 Å². The molecule has 0 saturated carbocycles. The van der Waals surface area contributed by atoms with E-state index in [9.17, 15) is 23.9 Å². The maximum Gasteiger partial charge on any atom is 1.00 e. The van der Waals surface area contributed by atoms with Crippen molar-refractivity contribution in [3.05, 3.63) is 0 Å². The fourth-order valence-electron chi connectivity index (χ4n) is 4.12. The fourth-order valence-corrected chi connectivity index (χ4v) is 4.47. The third-order valence-electron chi connectivity index (χ3n) is 6.26. The van der Waals surface area contributed by atoms with Gasteiger partial charge in [-0.05, 0) is 25.8 Å². The number of phosphoric ester groups is 1. The second-order valence-electron chi connectivity index (χ2n) is 9.79. The summed E-state index contributed by atoms with van der Waals surface area (Å²) in [5, 5.41) is 3.17. The van der Waals surface area contributed by atoms with E-state index in [1.54, 1.807) is 0 Å². The predicted octanol–water partition coefficient (Wildman–Crippen LogP) is -1.05. The molecule has 0 unspecified atom stereocenters. The molecule has 0 radical (unpaired) electrons. The van der Waals surface area contributed by atoms with Crippen LogP contribution in [0.5, 0.6) is 0 Å². The van der Waals surface area contributed by atoms with Gasteiger partial charge in [-0.15, -0.1) is 0 Å². The van der Waals surface area contributed by atoms with Crippen molar-refractivity contribution in [3.8, 4) is 0 Å². The molecule has 0 saturated heterocycles. The summed E-state index contributed by atoms with van der Waals surface area (Å²) in [7, 11) is -5.12. The maximum atomic E-state index is 12.2. The first-order valence-electron chi connectivity index (χ1n) is 14.5. The Hall–Kier alpha value is 1.01. The molecule has 220 valence electrons. The fraction of sp³-hybridized carbons (Fsp3) is 0.926. The van der Waals surface area contributed by atoms with E-state index in [1.165, 1.54) is 44.9 Å². The molecule has 1 atom stereocenters. The number of unbranched alkanes of at least 4 members (excludes halogenated alkanes) is 16. The van der Waals surface area contributed by atoms with Gasteiger partial charge in [-0.3, -0.25) is 9.59 Å². The number of carbonyl (C=O) groups is 2. The standard InChI is InChI=1S/C27H54NO8P.2Na/c1-2-3-4-5-6-7-8-11-14-17-20-27(30)36-26(24-35-37(31,32)33)23-28-21-18-15-12-9-10-13-16-19-22-34-25-29;;/h25-26,28H,2-24H2,1H3,(H2,31,32,33);;/q;2*+1/p-2/t26-;;/m0../s1. The minimum absolute atomic E-state index is 0. The van der Waals surface area contributed by atoms with Gasteiger partial charge in [-0.1, -0.05) is 103 Å². The second kappa shape index (κ2) is 33.5. The second-order valence-corrected chi connectivity index (χ2v) is 10.9. The van der Waals surface area contributed by atoms with Crippen LogP contribution in [0.25, 0.3) is 0 Å². The molecule has 9 nitrogen and oxygen atoms in total. The third kappa shape index (κ3) is 37.0. The van der Waals surface area contributed by atoms with Gasteiger partial charge < -0.3 is 33.7 Å². The van der Waals surface area contributed by atoms with E-state index in [4.69, 9.17) is 4.74 Å². The van der Waals surface area contributed by atoms with Crippen LogP contribution in [-0.2, 0) is 28.2 Å². The van der Waals surface area contributed by atoms with Crippen LogP contribution in [0.4, 0.5) is 0 Å². The van der Waals surface area contributed by atoms with Crippen molar-refractivity contribution in [3.63, 3.8) is 0 Å². The summed E-state index contributed by atoms with van der Waals surface area (Å²) < 4.78 is 25.3. The summed E-state index contributed by atoms with van der Waals surface area (Å²) in [5.74, 6) is -0.390. The molecule has 0 aliphatic rings. The predicted molar refractivity (Wildman–Crippen MR) is 142 cm³/mol. The number of rotatable bonds is 29. The third-order valence-corrected chi connectivity index (χ3v) is 6.72. The normalized spacial score (nSPS) is 11.8. The first kappa shape index (κ1) is 44.5. The van der Waals surface area contributed by atoms with Crippen LogP contribution in [-0.4, -0.2) is 44.8 Å². The van der Waals surface area contributed by atoms with Gasteiger partial charge in [0.2, 0.25) is 0 Å². The molecule has 0 aliphatic carbocycles. The van der Waals surface area contributed by atoms with Crippen molar-refractivity contribution in [2.45, 2.75) is 135 Å². The van der Waals surface area contributed by atoms with E-state index in [2.05, 4.69) is 21.5 Å². The van der Waals surface area contributed by atoms with Crippen LogP contribution in [0.3, 0.4) is 0 Å². The summed E-state index contributed by atoms with van der Waals surface area (Å²) in [6, 6.07) is 0. The molecule has 0 spiro atoms. The van der Waals surface area contributed by atoms with Crippen LogP contribution >= 0.6 is 7.82 Å². The van der Waals surface area contributed by atoms with Gasteiger partial charge in [-0.2, -0.15) is 0 Å². The average Bonchev–Trinajstić information content (AvgIpc) is 2.85. The zero-order chi connectivity index (χ0) is 27.5. The topological polar surface area (TPSA) is 137 Å². The Kier molecular flexibility index (Phi) is 38.2. The van der Waals surface area contributed by atoms with Crippen molar-refractivity contribution >= 4 is 20.3 Å². The molecule has 0 heterocycles. The Morgan fingerprint density at radius 3 is 1.79 bits per heavy atom. The molecule has 39 heavy (non-hydrogen) atoms. The summed E-state index contributed by atoms with van der Waals surface area (Å²) >= 11 is 0. The first-order valence-corrected chi connectivity index (χ1v) is 16.0. The summed E-state index contributed by atoms with van der Waals surface area (Å²) in [6.45, 7) is 3.69. The smallest absolute Gasteiger partial charge is 0.790 e. The van der Waals surface area contributed by atoms with E-state index in [-0.39, 0.29) is 78.0 Å². The van der Waals surface area contributed by atoms with Crippen molar-refractivity contribution < 1.29 is 97.1 Å². The quantitative estimate of drug-likeness (QED) is 0.0378. The van der Waals surface area contributed by atoms with Gasteiger partial charge >= 0.3 is 65.1 Å². The monoisotopic (exact) mass is 595 g/mol. The molecular weight excluding hydrogens is 543 g/mol. The zero-order valence-corrected chi connectivity index (χ0v) is 30.0. The van der Waals surface area contributed by atoms with Crippen LogP contribution < -0.4 is 74.2 Å². The number of carbonyl (C=O) groups excluding carboxylic acids is 2. The first-order chi connectivity index (χ1) is 17.9. The molecule has 0 amide bonds. The Morgan fingerprint density at radius 1 is 0.795 bits per heavy atom. The summed E-state index contributed by atoms with van der Waals surface area (Å²) in [4.78, 5) is 43.9. The van der Waals surface area contributed by atoms with Gasteiger partial charge in [0.25, 0.3) is 6.47 Å². The van der Waals surface area contributed by atoms with Crippen molar-refractivity contribution in [1.82, 2.24) is 5.32 Å². The van der Waals surface area contributed by atoms with Gasteiger partial charge in [-0.25, -0.2) is 0 Å². The minimum Gasteiger partial charge on any atom is -0.790 e. The Balaban J connectivity index is -0.00000648. The Bertz CT molecular complexity index is 584. The molecule has 0 aliphatic heterocycles. The molecule has 0 aromatic carbocycles. The van der Waals surface area contributed by atoms with E-state index in [1.807, 2.05) is 0 Å². The minimum atomic E-state index is -5.12. The number of hydrogen-bond donors (Lipinski definition) is 1. The van der Waals surface area contributed by atoms with Crippen LogP contribution in [0.2, 0.25) is 0 Å². The number of nitrogens with one attached hydrogen (secondary N) is 1. The number of phosphoric acid groups is 1. The van der Waals surface area contributed by atoms with E-state index >= 15 is 0 Å². The molecule has 0 rings (SSSR count). The molecule has 12 heteroatoms. The molecule has 0 bridgehead atoms. The van der Waals surface area contributed by atoms with Gasteiger partial charge in [0.1, 0.15) is 6.10 Å². The zero-order valence-electron chi connectivity index (χ0n) is 25.1. The van der Waals surface area contributed by atoms with Crippen molar-refractivity contribution in [2.75, 3.05) is 26.3 Å². The summed E-state index contributed by atoms with van der Waals surface area (Å²) in [5.41, 5.74) is 0. The molecule has 0 aromatic rings. The molecule has 1 N–H and O–H groups in total. The van der Waals surface area contributed by atoms with Gasteiger partial charge in [0.15, 0.2) is 0 Å². The maximum absolute atomic E-state index is 12.2. The van der Waals surface area contributed by atoms with Crippen LogP contribution in [0, 0.1) is 0 Å². The van der Waals surface area contributed by atoms with E-state index < -0.39 is 20.5 Å².